The highest BCUT2D eigenvalue weighted by atomic mass is 16.4. The van der Waals surface area contributed by atoms with Gasteiger partial charge in [-0.3, -0.25) is 4.79 Å². The number of nitrogens with zero attached hydrogens (tertiary/aromatic N) is 1. The van der Waals surface area contributed by atoms with Crippen LogP contribution >= 0.6 is 0 Å². The molecule has 1 aliphatic heterocycles. The van der Waals surface area contributed by atoms with Crippen LogP contribution in [0, 0.1) is 11.8 Å². The molecule has 2 rings (SSSR count). The molecule has 116 valence electrons. The van der Waals surface area contributed by atoms with E-state index in [1.807, 2.05) is 0 Å². The highest BCUT2D eigenvalue weighted by Gasteiger charge is 2.25. The maximum absolute atomic E-state index is 11.1. The van der Waals surface area contributed by atoms with Crippen LogP contribution in [0.25, 0.3) is 0 Å². The van der Waals surface area contributed by atoms with Crippen molar-refractivity contribution in [1.29, 1.82) is 0 Å². The summed E-state index contributed by atoms with van der Waals surface area (Å²) in [5, 5.41) is 12.6. The van der Waals surface area contributed by atoms with Gasteiger partial charge in [-0.15, -0.1) is 0 Å². The number of benzene rings is 1. The molecule has 1 fully saturated rings. The van der Waals surface area contributed by atoms with E-state index in [0.29, 0.717) is 12.5 Å². The van der Waals surface area contributed by atoms with Crippen molar-refractivity contribution in [2.75, 3.05) is 24.5 Å². The summed E-state index contributed by atoms with van der Waals surface area (Å²) in [6, 6.07) is 8.48. The lowest BCUT2D eigenvalue weighted by molar-refractivity contribution is -0.141. The van der Waals surface area contributed by atoms with E-state index in [-0.39, 0.29) is 5.92 Å². The molecule has 1 aromatic carbocycles. The molecular weight excluding hydrogens is 264 g/mol. The van der Waals surface area contributed by atoms with Crippen LogP contribution in [-0.2, 0) is 11.3 Å². The first-order chi connectivity index (χ1) is 10.1. The fourth-order valence-electron chi connectivity index (χ4n) is 2.74. The van der Waals surface area contributed by atoms with Crippen molar-refractivity contribution in [3.63, 3.8) is 0 Å². The lowest BCUT2D eigenvalue weighted by Crippen LogP contribution is -2.38. The Balaban J connectivity index is 1.90. The first-order valence-corrected chi connectivity index (χ1v) is 7.83. The lowest BCUT2D eigenvalue weighted by atomic mass is 9.97. The highest BCUT2D eigenvalue weighted by molar-refractivity contribution is 5.71. The Kier molecular flexibility index (Phi) is 5.62. The number of rotatable bonds is 6. The van der Waals surface area contributed by atoms with E-state index in [1.165, 1.54) is 5.56 Å². The molecule has 0 radical (unpaired) electrons. The van der Waals surface area contributed by atoms with Crippen LogP contribution in [0.4, 0.5) is 5.69 Å². The van der Waals surface area contributed by atoms with Crippen molar-refractivity contribution in [2.45, 2.75) is 33.2 Å². The van der Waals surface area contributed by atoms with E-state index < -0.39 is 5.97 Å². The van der Waals surface area contributed by atoms with Gasteiger partial charge in [0, 0.05) is 25.3 Å². The molecule has 0 saturated carbocycles. The summed E-state index contributed by atoms with van der Waals surface area (Å²) in [5.74, 6) is -0.245. The van der Waals surface area contributed by atoms with Crippen molar-refractivity contribution < 1.29 is 9.90 Å². The van der Waals surface area contributed by atoms with Crippen LogP contribution in [0.3, 0.4) is 0 Å². The molecule has 0 aliphatic carbocycles. The quantitative estimate of drug-likeness (QED) is 0.846. The van der Waals surface area contributed by atoms with Gasteiger partial charge in [0.25, 0.3) is 0 Å². The zero-order valence-corrected chi connectivity index (χ0v) is 13.0. The van der Waals surface area contributed by atoms with Gasteiger partial charge in [0.2, 0.25) is 0 Å². The average molecular weight is 290 g/mol. The fraction of sp³-hybridized carbons (Fsp3) is 0.588. The Morgan fingerprint density at radius 3 is 2.71 bits per heavy atom. The first kappa shape index (κ1) is 15.8. The number of carboxylic acids is 1. The zero-order valence-electron chi connectivity index (χ0n) is 13.0. The van der Waals surface area contributed by atoms with Gasteiger partial charge in [-0.05, 0) is 43.0 Å². The van der Waals surface area contributed by atoms with Gasteiger partial charge in [-0.2, -0.15) is 0 Å². The van der Waals surface area contributed by atoms with Crippen molar-refractivity contribution in [3.05, 3.63) is 29.8 Å². The lowest BCUT2D eigenvalue weighted by Gasteiger charge is -2.32. The summed E-state index contributed by atoms with van der Waals surface area (Å²) < 4.78 is 0. The summed E-state index contributed by atoms with van der Waals surface area (Å²) in [7, 11) is 0. The summed E-state index contributed by atoms with van der Waals surface area (Å²) in [4.78, 5) is 13.3. The Morgan fingerprint density at radius 2 is 2.10 bits per heavy atom. The highest BCUT2D eigenvalue weighted by Crippen LogP contribution is 2.23. The minimum absolute atomic E-state index is 0.230. The van der Waals surface area contributed by atoms with E-state index in [0.717, 1.165) is 38.2 Å². The minimum atomic E-state index is -0.672. The molecule has 0 amide bonds. The second-order valence-electron chi connectivity index (χ2n) is 6.31. The van der Waals surface area contributed by atoms with Crippen LogP contribution in [-0.4, -0.2) is 30.7 Å². The van der Waals surface area contributed by atoms with Gasteiger partial charge in [-0.25, -0.2) is 0 Å². The third-order valence-corrected chi connectivity index (χ3v) is 3.95. The molecule has 0 bridgehead atoms. The van der Waals surface area contributed by atoms with Crippen LogP contribution in [0.1, 0.15) is 32.3 Å². The standard InChI is InChI=1S/C17H26N2O2/c1-13(2)10-18-11-14-5-7-16(8-6-14)19-9-3-4-15(12-19)17(20)21/h5-8,13,15,18H,3-4,9-12H2,1-2H3,(H,20,21). The van der Waals surface area contributed by atoms with Gasteiger partial charge in [0.05, 0.1) is 5.92 Å². The summed E-state index contributed by atoms with van der Waals surface area (Å²) >= 11 is 0. The second kappa shape index (κ2) is 7.46. The molecule has 0 aromatic heterocycles. The maximum Gasteiger partial charge on any atom is 0.308 e. The molecule has 4 heteroatoms. The van der Waals surface area contributed by atoms with Crippen molar-refractivity contribution in [1.82, 2.24) is 5.32 Å². The predicted molar refractivity (Wildman–Crippen MR) is 85.6 cm³/mol. The monoisotopic (exact) mass is 290 g/mol. The van der Waals surface area contributed by atoms with E-state index in [2.05, 4.69) is 48.3 Å². The third-order valence-electron chi connectivity index (χ3n) is 3.95. The Morgan fingerprint density at radius 1 is 1.38 bits per heavy atom. The van der Waals surface area contributed by atoms with Gasteiger partial charge in [0.15, 0.2) is 0 Å². The van der Waals surface area contributed by atoms with E-state index in [4.69, 9.17) is 5.11 Å². The maximum atomic E-state index is 11.1. The van der Waals surface area contributed by atoms with E-state index >= 15 is 0 Å². The Hall–Kier alpha value is -1.55. The molecule has 1 atom stereocenters. The summed E-state index contributed by atoms with van der Waals surface area (Å²) in [6.07, 6.45) is 1.75. The zero-order chi connectivity index (χ0) is 15.2. The average Bonchev–Trinajstić information content (AvgIpc) is 2.48. The molecule has 21 heavy (non-hydrogen) atoms. The Bertz CT molecular complexity index is 456. The molecule has 1 aromatic rings. The molecule has 1 unspecified atom stereocenters. The molecule has 1 saturated heterocycles. The molecule has 2 N–H and O–H groups in total. The topological polar surface area (TPSA) is 52.6 Å². The van der Waals surface area contributed by atoms with Crippen molar-refractivity contribution >= 4 is 11.7 Å². The van der Waals surface area contributed by atoms with Crippen LogP contribution < -0.4 is 10.2 Å². The van der Waals surface area contributed by atoms with Gasteiger partial charge in [-0.1, -0.05) is 26.0 Å². The van der Waals surface area contributed by atoms with Gasteiger partial charge < -0.3 is 15.3 Å². The largest absolute Gasteiger partial charge is 0.481 e. The number of hydrogen-bond donors (Lipinski definition) is 2. The summed E-state index contributed by atoms with van der Waals surface area (Å²) in [5.41, 5.74) is 2.40. The van der Waals surface area contributed by atoms with Crippen LogP contribution in [0.15, 0.2) is 24.3 Å². The Labute approximate surface area is 127 Å². The fourth-order valence-corrected chi connectivity index (χ4v) is 2.74. The molecule has 4 nitrogen and oxygen atoms in total. The molecule has 1 aliphatic rings. The number of carboxylic acid groups (broad SMARTS) is 1. The number of piperidine rings is 1. The molecule has 0 spiro atoms. The third kappa shape index (κ3) is 4.74. The number of hydrogen-bond acceptors (Lipinski definition) is 3. The summed E-state index contributed by atoms with van der Waals surface area (Å²) in [6.45, 7) is 7.88. The van der Waals surface area contributed by atoms with E-state index in [9.17, 15) is 4.79 Å². The van der Waals surface area contributed by atoms with Crippen LogP contribution in [0.2, 0.25) is 0 Å². The van der Waals surface area contributed by atoms with E-state index in [1.54, 1.807) is 0 Å². The van der Waals surface area contributed by atoms with Crippen molar-refractivity contribution in [3.8, 4) is 0 Å². The number of aliphatic carboxylic acids is 1. The molecule has 1 heterocycles. The van der Waals surface area contributed by atoms with Crippen molar-refractivity contribution in [2.24, 2.45) is 11.8 Å². The smallest absolute Gasteiger partial charge is 0.308 e. The number of nitrogens with one attached hydrogen (secondary N) is 1. The normalized spacial score (nSPS) is 19.0. The van der Waals surface area contributed by atoms with Gasteiger partial charge >= 0.3 is 5.97 Å². The second-order valence-corrected chi connectivity index (χ2v) is 6.31. The molecular formula is C17H26N2O2. The van der Waals surface area contributed by atoms with Gasteiger partial charge in [0.1, 0.15) is 0 Å². The van der Waals surface area contributed by atoms with Crippen LogP contribution in [0.5, 0.6) is 0 Å². The minimum Gasteiger partial charge on any atom is -0.481 e. The number of carbonyl (C=O) groups is 1. The predicted octanol–water partition coefficient (Wildman–Crippen LogP) is 2.73. The number of anilines is 1. The first-order valence-electron chi connectivity index (χ1n) is 7.83. The SMILES string of the molecule is CC(C)CNCc1ccc(N2CCCC(C(=O)O)C2)cc1.